The predicted molar refractivity (Wildman–Crippen MR) is 68.5 cm³/mol. The molecule has 20 heavy (non-hydrogen) atoms. The van der Waals surface area contributed by atoms with Gasteiger partial charge in [0, 0.05) is 6.07 Å². The molecule has 4 nitrogen and oxygen atoms in total. The summed E-state index contributed by atoms with van der Waals surface area (Å²) in [5, 5.41) is 2.50. The highest BCUT2D eigenvalue weighted by Gasteiger charge is 2.29. The van der Waals surface area contributed by atoms with E-state index in [1.807, 2.05) is 0 Å². The highest BCUT2D eigenvalue weighted by atomic mass is 19.1. The van der Waals surface area contributed by atoms with Crippen LogP contribution in [-0.4, -0.2) is 17.9 Å². The number of primary amides is 1. The molecule has 0 aliphatic heterocycles. The third kappa shape index (κ3) is 4.01. The summed E-state index contributed by atoms with van der Waals surface area (Å²) in [6, 6.07) is 2.29. The van der Waals surface area contributed by atoms with E-state index in [9.17, 15) is 18.4 Å². The standard InChI is InChI=1S/C14H16F2N2O2/c15-10-4-3-9(11(16)7-10)6-13(19)18-12(14(17)20)5-8-1-2-8/h3-4,7-8,12H,1-2,5-6H2,(H2,17,20)(H,18,19)/t12-/m0/s1. The Morgan fingerprint density at radius 1 is 1.35 bits per heavy atom. The smallest absolute Gasteiger partial charge is 0.240 e. The molecule has 0 aromatic heterocycles. The second kappa shape index (κ2) is 5.98. The fraction of sp³-hybridized carbons (Fsp3) is 0.429. The molecule has 0 spiro atoms. The van der Waals surface area contributed by atoms with Crippen LogP contribution in [0.1, 0.15) is 24.8 Å². The van der Waals surface area contributed by atoms with Gasteiger partial charge in [-0.15, -0.1) is 0 Å². The van der Waals surface area contributed by atoms with Crippen LogP contribution < -0.4 is 11.1 Å². The molecule has 0 radical (unpaired) electrons. The van der Waals surface area contributed by atoms with Gasteiger partial charge in [0.1, 0.15) is 17.7 Å². The van der Waals surface area contributed by atoms with Crippen molar-refractivity contribution in [1.82, 2.24) is 5.32 Å². The lowest BCUT2D eigenvalue weighted by atomic mass is 10.1. The summed E-state index contributed by atoms with van der Waals surface area (Å²) >= 11 is 0. The Morgan fingerprint density at radius 3 is 2.60 bits per heavy atom. The van der Waals surface area contributed by atoms with Crippen LogP contribution in [0.3, 0.4) is 0 Å². The van der Waals surface area contributed by atoms with Crippen molar-refractivity contribution in [1.29, 1.82) is 0 Å². The van der Waals surface area contributed by atoms with Gasteiger partial charge in [0.25, 0.3) is 0 Å². The number of hydrogen-bond donors (Lipinski definition) is 2. The van der Waals surface area contributed by atoms with Crippen molar-refractivity contribution in [3.63, 3.8) is 0 Å². The minimum absolute atomic E-state index is 0.0820. The maximum atomic E-state index is 13.4. The average molecular weight is 282 g/mol. The quantitative estimate of drug-likeness (QED) is 0.825. The molecule has 108 valence electrons. The first-order chi connectivity index (χ1) is 9.45. The first kappa shape index (κ1) is 14.4. The number of benzene rings is 1. The largest absolute Gasteiger partial charge is 0.368 e. The van der Waals surface area contributed by atoms with Crippen molar-refractivity contribution in [3.8, 4) is 0 Å². The number of rotatable bonds is 6. The van der Waals surface area contributed by atoms with Crippen molar-refractivity contribution in [2.24, 2.45) is 11.7 Å². The highest BCUT2D eigenvalue weighted by molar-refractivity contribution is 5.87. The van der Waals surface area contributed by atoms with E-state index in [1.54, 1.807) is 0 Å². The molecule has 1 saturated carbocycles. The topological polar surface area (TPSA) is 72.2 Å². The second-order valence-corrected chi connectivity index (χ2v) is 5.11. The number of nitrogens with two attached hydrogens (primary N) is 1. The molecule has 6 heteroatoms. The molecule has 0 bridgehead atoms. The number of carbonyl (C=O) groups excluding carboxylic acids is 2. The third-order valence-corrected chi connectivity index (χ3v) is 3.31. The molecule has 1 fully saturated rings. The number of halogens is 2. The van der Waals surface area contributed by atoms with Crippen LogP contribution in [0.4, 0.5) is 8.78 Å². The predicted octanol–water partition coefficient (Wildman–Crippen LogP) is 1.28. The SMILES string of the molecule is NC(=O)[C@H](CC1CC1)NC(=O)Cc1ccc(F)cc1F. The Morgan fingerprint density at radius 2 is 2.05 bits per heavy atom. The molecule has 0 unspecified atom stereocenters. The van der Waals surface area contributed by atoms with Crippen LogP contribution >= 0.6 is 0 Å². The van der Waals surface area contributed by atoms with Crippen LogP contribution in [0.5, 0.6) is 0 Å². The van der Waals surface area contributed by atoms with E-state index in [1.165, 1.54) is 6.07 Å². The van der Waals surface area contributed by atoms with Gasteiger partial charge >= 0.3 is 0 Å². The Bertz CT molecular complexity index is 530. The van der Waals surface area contributed by atoms with Gasteiger partial charge in [-0.25, -0.2) is 8.78 Å². The number of amides is 2. The van der Waals surface area contributed by atoms with E-state index in [-0.39, 0.29) is 12.0 Å². The van der Waals surface area contributed by atoms with E-state index in [2.05, 4.69) is 5.32 Å². The molecule has 1 aromatic rings. The Balaban J connectivity index is 1.94. The van der Waals surface area contributed by atoms with Crippen LogP contribution in [0.2, 0.25) is 0 Å². The molecule has 2 amide bonds. The van der Waals surface area contributed by atoms with E-state index in [0.717, 1.165) is 25.0 Å². The lowest BCUT2D eigenvalue weighted by Gasteiger charge is -2.15. The molecule has 1 aromatic carbocycles. The van der Waals surface area contributed by atoms with Crippen molar-refractivity contribution >= 4 is 11.8 Å². The summed E-state index contributed by atoms with van der Waals surface area (Å²) in [7, 11) is 0. The zero-order chi connectivity index (χ0) is 14.7. The van der Waals surface area contributed by atoms with Gasteiger partial charge in [-0.3, -0.25) is 9.59 Å². The zero-order valence-electron chi connectivity index (χ0n) is 10.9. The van der Waals surface area contributed by atoms with Crippen LogP contribution in [0.25, 0.3) is 0 Å². The van der Waals surface area contributed by atoms with Crippen LogP contribution in [-0.2, 0) is 16.0 Å². The first-order valence-corrected chi connectivity index (χ1v) is 6.48. The lowest BCUT2D eigenvalue weighted by Crippen LogP contribution is -2.45. The lowest BCUT2D eigenvalue weighted by molar-refractivity contribution is -0.127. The second-order valence-electron chi connectivity index (χ2n) is 5.11. The van der Waals surface area contributed by atoms with Crippen LogP contribution in [0, 0.1) is 17.6 Å². The van der Waals surface area contributed by atoms with Crippen LogP contribution in [0.15, 0.2) is 18.2 Å². The molecule has 1 atom stereocenters. The van der Waals surface area contributed by atoms with E-state index >= 15 is 0 Å². The first-order valence-electron chi connectivity index (χ1n) is 6.48. The molecule has 2 rings (SSSR count). The summed E-state index contributed by atoms with van der Waals surface area (Å²) in [5.41, 5.74) is 5.31. The van der Waals surface area contributed by atoms with Gasteiger partial charge in [0.2, 0.25) is 11.8 Å². The number of nitrogens with one attached hydrogen (secondary N) is 1. The van der Waals surface area contributed by atoms with Crippen molar-refractivity contribution in [2.75, 3.05) is 0 Å². The van der Waals surface area contributed by atoms with Crippen molar-refractivity contribution < 1.29 is 18.4 Å². The third-order valence-electron chi connectivity index (χ3n) is 3.31. The molecule has 3 N–H and O–H groups in total. The summed E-state index contributed by atoms with van der Waals surface area (Å²) in [6.45, 7) is 0. The van der Waals surface area contributed by atoms with Gasteiger partial charge in [-0.1, -0.05) is 18.9 Å². The molecule has 0 saturated heterocycles. The van der Waals surface area contributed by atoms with Crippen molar-refractivity contribution in [2.45, 2.75) is 31.7 Å². The Kier molecular flexibility index (Phi) is 4.32. The summed E-state index contributed by atoms with van der Waals surface area (Å²) < 4.78 is 26.2. The molecule has 1 aliphatic carbocycles. The monoisotopic (exact) mass is 282 g/mol. The minimum Gasteiger partial charge on any atom is -0.368 e. The van der Waals surface area contributed by atoms with Gasteiger partial charge in [0.05, 0.1) is 6.42 Å². The summed E-state index contributed by atoms with van der Waals surface area (Å²) in [4.78, 5) is 23.0. The zero-order valence-corrected chi connectivity index (χ0v) is 10.9. The minimum atomic E-state index is -0.780. The molecular formula is C14H16F2N2O2. The highest BCUT2D eigenvalue weighted by Crippen LogP contribution is 2.33. The van der Waals surface area contributed by atoms with E-state index < -0.39 is 29.5 Å². The average Bonchev–Trinajstić information content (AvgIpc) is 3.16. The number of carbonyl (C=O) groups is 2. The van der Waals surface area contributed by atoms with E-state index in [0.29, 0.717) is 12.3 Å². The molecule has 1 aliphatic rings. The van der Waals surface area contributed by atoms with Crippen molar-refractivity contribution in [3.05, 3.63) is 35.4 Å². The molecule has 0 heterocycles. The Hall–Kier alpha value is -1.98. The maximum absolute atomic E-state index is 13.4. The fourth-order valence-corrected chi connectivity index (χ4v) is 2.02. The van der Waals surface area contributed by atoms with Gasteiger partial charge in [0.15, 0.2) is 0 Å². The molecular weight excluding hydrogens is 266 g/mol. The summed E-state index contributed by atoms with van der Waals surface area (Å²) in [6.07, 6.45) is 2.34. The van der Waals surface area contributed by atoms with E-state index in [4.69, 9.17) is 5.73 Å². The number of hydrogen-bond acceptors (Lipinski definition) is 2. The normalized spacial score (nSPS) is 15.7. The van der Waals surface area contributed by atoms with Gasteiger partial charge in [-0.05, 0) is 24.0 Å². The maximum Gasteiger partial charge on any atom is 0.240 e. The fourth-order valence-electron chi connectivity index (χ4n) is 2.02. The van der Waals surface area contributed by atoms with Gasteiger partial charge < -0.3 is 11.1 Å². The Labute approximate surface area is 115 Å². The van der Waals surface area contributed by atoms with Gasteiger partial charge in [-0.2, -0.15) is 0 Å². The summed E-state index contributed by atoms with van der Waals surface area (Å²) in [5.74, 6) is -2.14.